The Morgan fingerprint density at radius 3 is 2.39 bits per heavy atom. The number of hydrogen-bond acceptors (Lipinski definition) is 4. The van der Waals surface area contributed by atoms with Crippen molar-refractivity contribution in [2.24, 2.45) is 5.92 Å². The highest BCUT2D eigenvalue weighted by Gasteiger charge is 2.29. The second-order valence-electron chi connectivity index (χ2n) is 8.00. The topological polar surface area (TPSA) is 36.0 Å². The second kappa shape index (κ2) is 8.23. The van der Waals surface area contributed by atoms with Crippen molar-refractivity contribution in [2.75, 3.05) is 51.2 Å². The minimum atomic E-state index is 0.112. The highest BCUT2D eigenvalue weighted by atomic mass is 16.5. The van der Waals surface area contributed by atoms with Crippen LogP contribution in [-0.2, 0) is 0 Å². The first kappa shape index (κ1) is 18.8. The molecule has 0 N–H and O–H groups in total. The Hall–Kier alpha value is -2.53. The Bertz CT molecular complexity index is 816. The van der Waals surface area contributed by atoms with Gasteiger partial charge in [0.25, 0.3) is 5.91 Å². The Morgan fingerprint density at radius 2 is 1.71 bits per heavy atom. The molecule has 0 aliphatic carbocycles. The maximum Gasteiger partial charge on any atom is 0.256 e. The number of amides is 1. The molecule has 2 aromatic rings. The number of rotatable bonds is 4. The number of anilines is 1. The van der Waals surface area contributed by atoms with Gasteiger partial charge in [-0.05, 0) is 43.7 Å². The van der Waals surface area contributed by atoms with E-state index in [0.29, 0.717) is 5.92 Å². The number of likely N-dealkylation sites (N-methyl/N-ethyl adjacent to an activating group) is 1. The van der Waals surface area contributed by atoms with Crippen molar-refractivity contribution in [2.45, 2.75) is 13.3 Å². The van der Waals surface area contributed by atoms with Crippen LogP contribution in [0.5, 0.6) is 11.5 Å². The van der Waals surface area contributed by atoms with Gasteiger partial charge in [0.1, 0.15) is 5.75 Å². The second-order valence-corrected chi connectivity index (χ2v) is 8.00. The van der Waals surface area contributed by atoms with Crippen LogP contribution in [0.15, 0.2) is 48.5 Å². The average Bonchev–Trinajstić information content (AvgIpc) is 3.14. The molecular formula is C23H29N3O2. The van der Waals surface area contributed by atoms with E-state index < -0.39 is 0 Å². The van der Waals surface area contributed by atoms with Crippen molar-refractivity contribution in [1.82, 2.24) is 9.80 Å². The molecule has 2 aliphatic heterocycles. The van der Waals surface area contributed by atoms with Gasteiger partial charge >= 0.3 is 0 Å². The summed E-state index contributed by atoms with van der Waals surface area (Å²) < 4.78 is 6.23. The standard InChI is InChI=1S/C23H29N3O2/c1-18-11-12-26(17-18)22-20(23(27)25-15-13-24(2)14-16-25)9-6-10-21(22)28-19-7-4-3-5-8-19/h3-10,18H,11-17H2,1-2H3. The largest absolute Gasteiger partial charge is 0.455 e. The van der Waals surface area contributed by atoms with E-state index in [2.05, 4.69) is 23.8 Å². The molecule has 1 unspecified atom stereocenters. The van der Waals surface area contributed by atoms with Gasteiger partial charge in [-0.25, -0.2) is 0 Å². The number of hydrogen-bond donors (Lipinski definition) is 0. The number of ether oxygens (including phenoxy) is 1. The van der Waals surface area contributed by atoms with E-state index in [0.717, 1.165) is 68.4 Å². The lowest BCUT2D eigenvalue weighted by Crippen LogP contribution is -2.47. The predicted molar refractivity (Wildman–Crippen MR) is 112 cm³/mol. The zero-order chi connectivity index (χ0) is 19.5. The number of para-hydroxylation sites is 2. The van der Waals surface area contributed by atoms with Crippen molar-refractivity contribution in [3.8, 4) is 11.5 Å². The predicted octanol–water partition coefficient (Wildman–Crippen LogP) is 3.71. The summed E-state index contributed by atoms with van der Waals surface area (Å²) in [6.07, 6.45) is 1.14. The fraction of sp³-hybridized carbons (Fsp3) is 0.435. The summed E-state index contributed by atoms with van der Waals surface area (Å²) in [6, 6.07) is 15.7. The first-order valence-corrected chi connectivity index (χ1v) is 10.2. The third-order valence-electron chi connectivity index (χ3n) is 5.73. The van der Waals surface area contributed by atoms with Crippen LogP contribution in [0.2, 0.25) is 0 Å². The Balaban J connectivity index is 1.68. The summed E-state index contributed by atoms with van der Waals surface area (Å²) in [6.45, 7) is 7.56. The van der Waals surface area contributed by atoms with Crippen LogP contribution in [0.25, 0.3) is 0 Å². The van der Waals surface area contributed by atoms with Gasteiger partial charge < -0.3 is 19.4 Å². The number of benzene rings is 2. The van der Waals surface area contributed by atoms with Crippen molar-refractivity contribution in [3.05, 3.63) is 54.1 Å². The molecule has 0 spiro atoms. The van der Waals surface area contributed by atoms with E-state index in [4.69, 9.17) is 4.74 Å². The van der Waals surface area contributed by atoms with Crippen LogP contribution in [0.1, 0.15) is 23.7 Å². The third kappa shape index (κ3) is 3.99. The monoisotopic (exact) mass is 379 g/mol. The minimum Gasteiger partial charge on any atom is -0.455 e. The van der Waals surface area contributed by atoms with E-state index in [1.54, 1.807) is 0 Å². The van der Waals surface area contributed by atoms with Gasteiger partial charge in [-0.1, -0.05) is 31.2 Å². The highest BCUT2D eigenvalue weighted by molar-refractivity contribution is 6.01. The molecule has 5 heteroatoms. The molecule has 2 aromatic carbocycles. The van der Waals surface area contributed by atoms with Gasteiger partial charge in [0.2, 0.25) is 0 Å². The van der Waals surface area contributed by atoms with Gasteiger partial charge in [-0.2, -0.15) is 0 Å². The lowest BCUT2D eigenvalue weighted by Gasteiger charge is -2.33. The van der Waals surface area contributed by atoms with Gasteiger partial charge in [0.15, 0.2) is 5.75 Å². The molecule has 1 amide bonds. The molecule has 5 nitrogen and oxygen atoms in total. The lowest BCUT2D eigenvalue weighted by atomic mass is 10.1. The summed E-state index contributed by atoms with van der Waals surface area (Å²) in [4.78, 5) is 20.0. The SMILES string of the molecule is CC1CCN(c2c(Oc3ccccc3)cccc2C(=O)N2CCN(C)CC2)C1. The maximum absolute atomic E-state index is 13.4. The van der Waals surface area contributed by atoms with E-state index in [-0.39, 0.29) is 5.91 Å². The molecular weight excluding hydrogens is 350 g/mol. The number of nitrogens with zero attached hydrogens (tertiary/aromatic N) is 3. The quantitative estimate of drug-likeness (QED) is 0.811. The average molecular weight is 380 g/mol. The molecule has 1 atom stereocenters. The smallest absolute Gasteiger partial charge is 0.256 e. The normalized spacial score (nSPS) is 20.4. The van der Waals surface area contributed by atoms with Crippen LogP contribution in [0.4, 0.5) is 5.69 Å². The van der Waals surface area contributed by atoms with Gasteiger partial charge in [-0.3, -0.25) is 4.79 Å². The van der Waals surface area contributed by atoms with Gasteiger partial charge in [0, 0.05) is 39.3 Å². The fourth-order valence-electron chi connectivity index (χ4n) is 4.04. The lowest BCUT2D eigenvalue weighted by molar-refractivity contribution is 0.0664. The highest BCUT2D eigenvalue weighted by Crippen LogP contribution is 2.38. The first-order valence-electron chi connectivity index (χ1n) is 10.2. The van der Waals surface area contributed by atoms with Crippen LogP contribution >= 0.6 is 0 Å². The molecule has 2 fully saturated rings. The van der Waals surface area contributed by atoms with Crippen molar-refractivity contribution >= 4 is 11.6 Å². The maximum atomic E-state index is 13.4. The molecule has 4 rings (SSSR count). The zero-order valence-corrected chi connectivity index (χ0v) is 16.8. The van der Waals surface area contributed by atoms with E-state index >= 15 is 0 Å². The van der Waals surface area contributed by atoms with Crippen LogP contribution in [0.3, 0.4) is 0 Å². The van der Waals surface area contributed by atoms with E-state index in [9.17, 15) is 4.79 Å². The summed E-state index contributed by atoms with van der Waals surface area (Å²) in [7, 11) is 2.10. The van der Waals surface area contributed by atoms with Gasteiger partial charge in [0.05, 0.1) is 11.3 Å². The molecule has 2 saturated heterocycles. The fourth-order valence-corrected chi connectivity index (χ4v) is 4.04. The van der Waals surface area contributed by atoms with Crippen LogP contribution < -0.4 is 9.64 Å². The van der Waals surface area contributed by atoms with Gasteiger partial charge in [-0.15, -0.1) is 0 Å². The molecule has 0 bridgehead atoms. The summed E-state index contributed by atoms with van der Waals surface area (Å²) in [5.41, 5.74) is 1.70. The Labute approximate surface area is 167 Å². The third-order valence-corrected chi connectivity index (χ3v) is 5.73. The van der Waals surface area contributed by atoms with Crippen molar-refractivity contribution in [1.29, 1.82) is 0 Å². The van der Waals surface area contributed by atoms with Crippen molar-refractivity contribution < 1.29 is 9.53 Å². The molecule has 0 radical (unpaired) electrons. The van der Waals surface area contributed by atoms with E-state index in [1.165, 1.54) is 0 Å². The molecule has 2 heterocycles. The molecule has 148 valence electrons. The minimum absolute atomic E-state index is 0.112. The molecule has 2 aliphatic rings. The number of piperazine rings is 1. The first-order chi connectivity index (χ1) is 13.6. The van der Waals surface area contributed by atoms with E-state index in [1.807, 2.05) is 53.4 Å². The summed E-state index contributed by atoms with van der Waals surface area (Å²) in [5.74, 6) is 2.29. The summed E-state index contributed by atoms with van der Waals surface area (Å²) >= 11 is 0. The molecule has 28 heavy (non-hydrogen) atoms. The van der Waals surface area contributed by atoms with Crippen molar-refractivity contribution in [3.63, 3.8) is 0 Å². The number of carbonyl (C=O) groups is 1. The Morgan fingerprint density at radius 1 is 0.964 bits per heavy atom. The zero-order valence-electron chi connectivity index (χ0n) is 16.8. The molecule has 0 aromatic heterocycles. The summed E-state index contributed by atoms with van der Waals surface area (Å²) in [5, 5.41) is 0. The van der Waals surface area contributed by atoms with Crippen LogP contribution in [0, 0.1) is 5.92 Å². The van der Waals surface area contributed by atoms with Crippen LogP contribution in [-0.4, -0.2) is 62.0 Å². The Kier molecular flexibility index (Phi) is 5.53. The molecule has 0 saturated carbocycles. The number of carbonyl (C=O) groups excluding carboxylic acids is 1.